The van der Waals surface area contributed by atoms with E-state index in [0.29, 0.717) is 5.92 Å². The molecule has 1 aromatic rings. The van der Waals surface area contributed by atoms with Crippen molar-refractivity contribution < 1.29 is 0 Å². The number of nitrogens with zero attached hydrogens (tertiary/aromatic N) is 2. The van der Waals surface area contributed by atoms with Gasteiger partial charge in [0, 0.05) is 18.1 Å². The van der Waals surface area contributed by atoms with Gasteiger partial charge in [0.1, 0.15) is 0 Å². The number of aromatic nitrogens is 2. The molecule has 1 aromatic heterocycles. The third-order valence-corrected chi connectivity index (χ3v) is 3.15. The number of hydrogen-bond acceptors (Lipinski definition) is 5. The van der Waals surface area contributed by atoms with Crippen LogP contribution in [-0.2, 0) is 5.75 Å². The number of thioether (sulfide) groups is 1. The van der Waals surface area contributed by atoms with Gasteiger partial charge in [-0.05, 0) is 11.7 Å². The monoisotopic (exact) mass is 231 g/mol. The van der Waals surface area contributed by atoms with Crippen LogP contribution >= 0.6 is 23.3 Å². The fourth-order valence-electron chi connectivity index (χ4n) is 0.869. The molecule has 0 amide bonds. The van der Waals surface area contributed by atoms with Gasteiger partial charge >= 0.3 is 0 Å². The summed E-state index contributed by atoms with van der Waals surface area (Å²) in [5, 5.41) is 4.23. The van der Waals surface area contributed by atoms with Crippen LogP contribution in [0.1, 0.15) is 26.6 Å². The number of rotatable bonds is 6. The fraction of sp³-hybridized carbons (Fsp3) is 0.778. The first-order valence-corrected chi connectivity index (χ1v) is 6.79. The van der Waals surface area contributed by atoms with Gasteiger partial charge in [0.05, 0.1) is 5.75 Å². The molecule has 3 nitrogen and oxygen atoms in total. The summed E-state index contributed by atoms with van der Waals surface area (Å²) in [4.78, 5) is 4.40. The van der Waals surface area contributed by atoms with Crippen molar-refractivity contribution in [2.75, 3.05) is 17.6 Å². The van der Waals surface area contributed by atoms with Crippen molar-refractivity contribution in [3.8, 4) is 0 Å². The number of hydrogen-bond donors (Lipinski definition) is 1. The Morgan fingerprint density at radius 3 is 2.93 bits per heavy atom. The fourth-order valence-corrected chi connectivity index (χ4v) is 2.06. The Bertz CT molecular complexity index is 260. The molecule has 1 N–H and O–H groups in total. The molecule has 0 unspecified atom stereocenters. The topological polar surface area (TPSA) is 37.8 Å². The minimum atomic E-state index is 0.646. The van der Waals surface area contributed by atoms with Gasteiger partial charge in [-0.2, -0.15) is 16.1 Å². The molecule has 0 aliphatic heterocycles. The highest BCUT2D eigenvalue weighted by Gasteiger charge is 2.03. The molecule has 0 radical (unpaired) electrons. The van der Waals surface area contributed by atoms with Crippen molar-refractivity contribution in [1.82, 2.24) is 9.36 Å². The van der Waals surface area contributed by atoms with E-state index in [1.807, 2.05) is 11.8 Å². The summed E-state index contributed by atoms with van der Waals surface area (Å²) < 4.78 is 4.28. The summed E-state index contributed by atoms with van der Waals surface area (Å²) in [7, 11) is 0. The molecule has 1 rings (SSSR count). The number of anilines is 1. The Morgan fingerprint density at radius 1 is 1.50 bits per heavy atom. The first-order chi connectivity index (χ1) is 6.72. The highest BCUT2D eigenvalue weighted by atomic mass is 32.2. The van der Waals surface area contributed by atoms with Crippen LogP contribution in [0.2, 0.25) is 0 Å². The molecule has 0 atom stereocenters. The van der Waals surface area contributed by atoms with E-state index in [4.69, 9.17) is 0 Å². The average Bonchev–Trinajstić information content (AvgIpc) is 2.59. The van der Waals surface area contributed by atoms with E-state index in [-0.39, 0.29) is 0 Å². The van der Waals surface area contributed by atoms with E-state index >= 15 is 0 Å². The van der Waals surface area contributed by atoms with Gasteiger partial charge in [0.15, 0.2) is 5.82 Å². The van der Waals surface area contributed by atoms with E-state index < -0.39 is 0 Å². The Balaban J connectivity index is 2.35. The molecule has 0 aromatic carbocycles. The van der Waals surface area contributed by atoms with Crippen LogP contribution in [-0.4, -0.2) is 21.7 Å². The lowest BCUT2D eigenvalue weighted by Gasteiger charge is -2.03. The second-order valence-corrected chi connectivity index (χ2v) is 5.45. The van der Waals surface area contributed by atoms with Gasteiger partial charge in [-0.3, -0.25) is 0 Å². The van der Waals surface area contributed by atoms with Crippen LogP contribution in [0.15, 0.2) is 0 Å². The average molecular weight is 231 g/mol. The van der Waals surface area contributed by atoms with Crippen molar-refractivity contribution >= 4 is 28.4 Å². The summed E-state index contributed by atoms with van der Waals surface area (Å²) in [6.45, 7) is 7.48. The van der Waals surface area contributed by atoms with Crippen LogP contribution in [0.25, 0.3) is 0 Å². The third-order valence-electron chi connectivity index (χ3n) is 1.56. The van der Waals surface area contributed by atoms with Crippen LogP contribution in [0.3, 0.4) is 0 Å². The van der Waals surface area contributed by atoms with Crippen molar-refractivity contribution in [3.63, 3.8) is 0 Å². The zero-order chi connectivity index (χ0) is 10.4. The lowest BCUT2D eigenvalue weighted by atomic mass is 10.2. The second kappa shape index (κ2) is 6.24. The molecule has 0 bridgehead atoms. The molecule has 0 spiro atoms. The van der Waals surface area contributed by atoms with Gasteiger partial charge < -0.3 is 5.32 Å². The van der Waals surface area contributed by atoms with Gasteiger partial charge in [0.25, 0.3) is 0 Å². The molecule has 0 aliphatic rings. The van der Waals surface area contributed by atoms with E-state index in [2.05, 4.69) is 35.4 Å². The molecule has 14 heavy (non-hydrogen) atoms. The van der Waals surface area contributed by atoms with E-state index in [1.165, 1.54) is 11.5 Å². The van der Waals surface area contributed by atoms with Crippen molar-refractivity contribution in [2.45, 2.75) is 26.5 Å². The Labute approximate surface area is 93.9 Å². The molecular weight excluding hydrogens is 214 g/mol. The Hall–Kier alpha value is -0.290. The molecule has 0 aliphatic carbocycles. The van der Waals surface area contributed by atoms with Crippen LogP contribution < -0.4 is 5.32 Å². The Morgan fingerprint density at radius 2 is 2.29 bits per heavy atom. The van der Waals surface area contributed by atoms with E-state index in [0.717, 1.165) is 29.0 Å². The lowest BCUT2D eigenvalue weighted by molar-refractivity contribution is 0.688. The van der Waals surface area contributed by atoms with E-state index in [9.17, 15) is 0 Å². The summed E-state index contributed by atoms with van der Waals surface area (Å²) in [6.07, 6.45) is 0. The summed E-state index contributed by atoms with van der Waals surface area (Å²) in [6, 6.07) is 0. The maximum Gasteiger partial charge on any atom is 0.202 e. The zero-order valence-corrected chi connectivity index (χ0v) is 10.5. The van der Waals surface area contributed by atoms with Gasteiger partial charge in [-0.25, -0.2) is 4.98 Å². The van der Waals surface area contributed by atoms with Crippen LogP contribution in [0, 0.1) is 5.92 Å². The van der Waals surface area contributed by atoms with Gasteiger partial charge in [-0.1, -0.05) is 20.8 Å². The summed E-state index contributed by atoms with van der Waals surface area (Å²) >= 11 is 3.31. The smallest absolute Gasteiger partial charge is 0.202 e. The second-order valence-electron chi connectivity index (χ2n) is 3.43. The molecule has 0 saturated carbocycles. The van der Waals surface area contributed by atoms with Gasteiger partial charge in [0.2, 0.25) is 5.13 Å². The predicted octanol–water partition coefficient (Wildman–Crippen LogP) is 2.86. The van der Waals surface area contributed by atoms with Crippen molar-refractivity contribution in [3.05, 3.63) is 5.82 Å². The highest BCUT2D eigenvalue weighted by molar-refractivity contribution is 7.98. The quantitative estimate of drug-likeness (QED) is 0.817. The Kier molecular flexibility index (Phi) is 5.25. The van der Waals surface area contributed by atoms with Crippen LogP contribution in [0.4, 0.5) is 5.13 Å². The molecule has 5 heteroatoms. The third kappa shape index (κ3) is 4.28. The minimum absolute atomic E-state index is 0.646. The highest BCUT2D eigenvalue weighted by Crippen LogP contribution is 2.15. The molecule has 0 saturated heterocycles. The molecule has 80 valence electrons. The van der Waals surface area contributed by atoms with Crippen LogP contribution in [0.5, 0.6) is 0 Å². The maximum absolute atomic E-state index is 4.40. The summed E-state index contributed by atoms with van der Waals surface area (Å²) in [5.74, 6) is 3.64. The van der Waals surface area contributed by atoms with E-state index in [1.54, 1.807) is 0 Å². The zero-order valence-electron chi connectivity index (χ0n) is 8.91. The molecule has 1 heterocycles. The minimum Gasteiger partial charge on any atom is -0.360 e. The normalized spacial score (nSPS) is 10.9. The van der Waals surface area contributed by atoms with Crippen molar-refractivity contribution in [2.24, 2.45) is 5.92 Å². The standard InChI is InChI=1S/C9H17N3S2/c1-4-13-6-8-11-9(14-12-8)10-5-7(2)3/h7H,4-6H2,1-3H3,(H,10,11,12). The maximum atomic E-state index is 4.40. The molecule has 0 fully saturated rings. The van der Waals surface area contributed by atoms with Gasteiger partial charge in [-0.15, -0.1) is 0 Å². The SMILES string of the molecule is CCSCc1nsc(NCC(C)C)n1. The first-order valence-electron chi connectivity index (χ1n) is 4.86. The lowest BCUT2D eigenvalue weighted by Crippen LogP contribution is -2.07. The van der Waals surface area contributed by atoms with Crippen molar-refractivity contribution in [1.29, 1.82) is 0 Å². The first kappa shape index (κ1) is 11.8. The largest absolute Gasteiger partial charge is 0.360 e. The molecular formula is C9H17N3S2. The summed E-state index contributed by atoms with van der Waals surface area (Å²) in [5.41, 5.74) is 0. The number of nitrogens with one attached hydrogen (secondary N) is 1. The predicted molar refractivity (Wildman–Crippen MR) is 65.1 cm³/mol.